The van der Waals surface area contributed by atoms with Crippen LogP contribution in [-0.4, -0.2) is 36.6 Å². The first kappa shape index (κ1) is 12.9. The maximum absolute atomic E-state index is 12.4. The Morgan fingerprint density at radius 1 is 1.39 bits per heavy atom. The maximum atomic E-state index is 12.4. The van der Waals surface area contributed by atoms with E-state index in [1.54, 1.807) is 6.07 Å². The molecule has 0 aliphatic carbocycles. The molecule has 98 valence electrons. The number of nitrogen functional groups attached to an aromatic ring is 1. The van der Waals surface area contributed by atoms with E-state index in [4.69, 9.17) is 10.5 Å². The number of carbonyl (C=O) groups excluding carboxylic acids is 1. The van der Waals surface area contributed by atoms with Crippen molar-refractivity contribution in [2.45, 2.75) is 26.9 Å². The van der Waals surface area contributed by atoms with Crippen molar-refractivity contribution in [1.29, 1.82) is 0 Å². The summed E-state index contributed by atoms with van der Waals surface area (Å²) < 4.78 is 5.45. The summed E-state index contributed by atoms with van der Waals surface area (Å²) in [5.74, 6) is 0.0503. The first-order valence-corrected chi connectivity index (χ1v) is 6.26. The SMILES string of the molecule is Cc1cc(C)c(C(=O)N2CCOC(C)C2)cc1N. The Balaban J connectivity index is 2.25. The predicted octanol–water partition coefficient (Wildman–Crippen LogP) is 1.75. The van der Waals surface area contributed by atoms with Crippen LogP contribution in [0.3, 0.4) is 0 Å². The first-order valence-electron chi connectivity index (χ1n) is 6.26. The minimum absolute atomic E-state index is 0.0503. The fraction of sp³-hybridized carbons (Fsp3) is 0.500. The molecule has 1 heterocycles. The summed E-state index contributed by atoms with van der Waals surface area (Å²) in [5.41, 5.74) is 9.25. The highest BCUT2D eigenvalue weighted by Crippen LogP contribution is 2.20. The quantitative estimate of drug-likeness (QED) is 0.770. The molecule has 4 heteroatoms. The van der Waals surface area contributed by atoms with Crippen LogP contribution in [0, 0.1) is 13.8 Å². The number of hydrogen-bond donors (Lipinski definition) is 1. The molecule has 1 aromatic carbocycles. The topological polar surface area (TPSA) is 55.6 Å². The van der Waals surface area contributed by atoms with Crippen LogP contribution in [0.2, 0.25) is 0 Å². The molecular weight excluding hydrogens is 228 g/mol. The second-order valence-corrected chi connectivity index (χ2v) is 4.96. The number of nitrogens with zero attached hydrogens (tertiary/aromatic N) is 1. The third-order valence-corrected chi connectivity index (χ3v) is 3.37. The largest absolute Gasteiger partial charge is 0.398 e. The monoisotopic (exact) mass is 248 g/mol. The van der Waals surface area contributed by atoms with Crippen molar-refractivity contribution in [3.63, 3.8) is 0 Å². The molecule has 1 unspecified atom stereocenters. The summed E-state index contributed by atoms with van der Waals surface area (Å²) in [5, 5.41) is 0. The van der Waals surface area contributed by atoms with Crippen molar-refractivity contribution in [2.24, 2.45) is 0 Å². The van der Waals surface area contributed by atoms with Gasteiger partial charge < -0.3 is 15.4 Å². The average molecular weight is 248 g/mol. The van der Waals surface area contributed by atoms with Crippen LogP contribution in [0.1, 0.15) is 28.4 Å². The summed E-state index contributed by atoms with van der Waals surface area (Å²) in [6.45, 7) is 7.78. The molecule has 18 heavy (non-hydrogen) atoms. The minimum atomic E-state index is 0.0503. The number of rotatable bonds is 1. The normalized spacial score (nSPS) is 19.9. The van der Waals surface area contributed by atoms with Gasteiger partial charge in [-0.15, -0.1) is 0 Å². The summed E-state index contributed by atoms with van der Waals surface area (Å²) in [6, 6.07) is 3.75. The molecule has 4 nitrogen and oxygen atoms in total. The van der Waals surface area contributed by atoms with Crippen LogP contribution in [-0.2, 0) is 4.74 Å². The number of morpholine rings is 1. The second-order valence-electron chi connectivity index (χ2n) is 4.96. The number of benzene rings is 1. The Hall–Kier alpha value is -1.55. The number of aryl methyl sites for hydroxylation is 2. The first-order chi connectivity index (χ1) is 8.49. The Labute approximate surface area is 108 Å². The lowest BCUT2D eigenvalue weighted by Gasteiger charge is -2.31. The van der Waals surface area contributed by atoms with Gasteiger partial charge in [-0.05, 0) is 38.0 Å². The average Bonchev–Trinajstić information content (AvgIpc) is 2.33. The van der Waals surface area contributed by atoms with Crippen molar-refractivity contribution < 1.29 is 9.53 Å². The van der Waals surface area contributed by atoms with E-state index < -0.39 is 0 Å². The lowest BCUT2D eigenvalue weighted by Crippen LogP contribution is -2.44. The Bertz CT molecular complexity index is 471. The highest BCUT2D eigenvalue weighted by molar-refractivity contribution is 5.96. The molecule has 1 saturated heterocycles. The number of amides is 1. The van der Waals surface area contributed by atoms with Crippen LogP contribution in [0.15, 0.2) is 12.1 Å². The predicted molar refractivity (Wildman–Crippen MR) is 71.6 cm³/mol. The number of carbonyl (C=O) groups is 1. The number of nitrogens with two attached hydrogens (primary N) is 1. The molecule has 0 saturated carbocycles. The van der Waals surface area contributed by atoms with Crippen molar-refractivity contribution in [3.05, 3.63) is 28.8 Å². The Kier molecular flexibility index (Phi) is 3.57. The van der Waals surface area contributed by atoms with Gasteiger partial charge >= 0.3 is 0 Å². The van der Waals surface area contributed by atoms with E-state index in [0.29, 0.717) is 30.9 Å². The third-order valence-electron chi connectivity index (χ3n) is 3.37. The third kappa shape index (κ3) is 2.48. The van der Waals surface area contributed by atoms with E-state index in [2.05, 4.69) is 0 Å². The van der Waals surface area contributed by atoms with Gasteiger partial charge in [-0.3, -0.25) is 4.79 Å². The van der Waals surface area contributed by atoms with Crippen LogP contribution in [0.25, 0.3) is 0 Å². The van der Waals surface area contributed by atoms with Crippen molar-refractivity contribution in [3.8, 4) is 0 Å². The maximum Gasteiger partial charge on any atom is 0.254 e. The van der Waals surface area contributed by atoms with E-state index >= 15 is 0 Å². The molecule has 1 aliphatic heterocycles. The van der Waals surface area contributed by atoms with Gasteiger partial charge in [0.1, 0.15) is 0 Å². The lowest BCUT2D eigenvalue weighted by molar-refractivity contribution is -0.0124. The standard InChI is InChI=1S/C14H20N2O2/c1-9-6-10(2)13(15)7-12(9)14(17)16-4-5-18-11(3)8-16/h6-7,11H,4-5,8,15H2,1-3H3. The summed E-state index contributed by atoms with van der Waals surface area (Å²) >= 11 is 0. The summed E-state index contributed by atoms with van der Waals surface area (Å²) in [6.07, 6.45) is 0.103. The smallest absolute Gasteiger partial charge is 0.254 e. The van der Waals surface area contributed by atoms with Crippen LogP contribution in [0.4, 0.5) is 5.69 Å². The van der Waals surface area contributed by atoms with Gasteiger partial charge in [-0.2, -0.15) is 0 Å². The van der Waals surface area contributed by atoms with E-state index in [-0.39, 0.29) is 12.0 Å². The van der Waals surface area contributed by atoms with Crippen LogP contribution < -0.4 is 5.73 Å². The van der Waals surface area contributed by atoms with E-state index in [0.717, 1.165) is 11.1 Å². The lowest BCUT2D eigenvalue weighted by atomic mass is 10.0. The molecule has 1 aliphatic rings. The molecule has 0 bridgehead atoms. The Morgan fingerprint density at radius 2 is 2.11 bits per heavy atom. The molecular formula is C14H20N2O2. The van der Waals surface area contributed by atoms with Gasteiger partial charge in [0.15, 0.2) is 0 Å². The molecule has 2 rings (SSSR count). The molecule has 0 spiro atoms. The van der Waals surface area contributed by atoms with Gasteiger partial charge in [-0.25, -0.2) is 0 Å². The zero-order valence-electron chi connectivity index (χ0n) is 11.2. The molecule has 1 aromatic rings. The van der Waals surface area contributed by atoms with Crippen molar-refractivity contribution in [2.75, 3.05) is 25.4 Å². The zero-order chi connectivity index (χ0) is 13.3. The molecule has 1 amide bonds. The van der Waals surface area contributed by atoms with E-state index in [1.165, 1.54) is 0 Å². The zero-order valence-corrected chi connectivity index (χ0v) is 11.2. The van der Waals surface area contributed by atoms with Gasteiger partial charge in [0, 0.05) is 24.3 Å². The minimum Gasteiger partial charge on any atom is -0.398 e. The molecule has 0 radical (unpaired) electrons. The molecule has 1 fully saturated rings. The van der Waals surface area contributed by atoms with Gasteiger partial charge in [0.05, 0.1) is 12.7 Å². The summed E-state index contributed by atoms with van der Waals surface area (Å²) in [4.78, 5) is 14.3. The Morgan fingerprint density at radius 3 is 2.78 bits per heavy atom. The van der Waals surface area contributed by atoms with Gasteiger partial charge in [0.25, 0.3) is 5.91 Å². The van der Waals surface area contributed by atoms with E-state index in [1.807, 2.05) is 31.7 Å². The fourth-order valence-electron chi connectivity index (χ4n) is 2.27. The second kappa shape index (κ2) is 4.98. The summed E-state index contributed by atoms with van der Waals surface area (Å²) in [7, 11) is 0. The fourth-order valence-corrected chi connectivity index (χ4v) is 2.27. The van der Waals surface area contributed by atoms with Crippen molar-refractivity contribution >= 4 is 11.6 Å². The number of anilines is 1. The van der Waals surface area contributed by atoms with Crippen LogP contribution in [0.5, 0.6) is 0 Å². The number of ether oxygens (including phenoxy) is 1. The molecule has 2 N–H and O–H groups in total. The number of hydrogen-bond acceptors (Lipinski definition) is 3. The highest BCUT2D eigenvalue weighted by atomic mass is 16.5. The van der Waals surface area contributed by atoms with Gasteiger partial charge in [0.2, 0.25) is 0 Å². The molecule has 1 atom stereocenters. The van der Waals surface area contributed by atoms with Gasteiger partial charge in [-0.1, -0.05) is 6.07 Å². The molecule has 0 aromatic heterocycles. The van der Waals surface area contributed by atoms with Crippen LogP contribution >= 0.6 is 0 Å². The highest BCUT2D eigenvalue weighted by Gasteiger charge is 2.23. The van der Waals surface area contributed by atoms with E-state index in [9.17, 15) is 4.79 Å². The van der Waals surface area contributed by atoms with Crippen molar-refractivity contribution in [1.82, 2.24) is 4.90 Å².